The lowest BCUT2D eigenvalue weighted by atomic mass is 9.94. The van der Waals surface area contributed by atoms with Crippen LogP contribution in [0.5, 0.6) is 0 Å². The summed E-state index contributed by atoms with van der Waals surface area (Å²) >= 11 is 0. The zero-order valence-electron chi connectivity index (χ0n) is 14.5. The Labute approximate surface area is 148 Å². The van der Waals surface area contributed by atoms with Crippen molar-refractivity contribution < 1.29 is 17.6 Å². The first-order chi connectivity index (χ1) is 11.9. The molecule has 1 atom stereocenters. The van der Waals surface area contributed by atoms with Crippen molar-refractivity contribution >= 4 is 15.9 Å². The number of carbonyl (C=O) groups excluding carboxylic acids is 1. The van der Waals surface area contributed by atoms with E-state index in [0.29, 0.717) is 12.8 Å². The SMILES string of the molecule is CC1CCCCN1C(=O)C1CCN(S(=O)(=O)c2ccccc2F)CC1. The van der Waals surface area contributed by atoms with Gasteiger partial charge in [-0.05, 0) is 51.2 Å². The smallest absolute Gasteiger partial charge is 0.245 e. The summed E-state index contributed by atoms with van der Waals surface area (Å²) in [6.07, 6.45) is 4.22. The molecule has 0 saturated carbocycles. The summed E-state index contributed by atoms with van der Waals surface area (Å²) in [6, 6.07) is 5.70. The van der Waals surface area contributed by atoms with Gasteiger partial charge in [-0.25, -0.2) is 12.8 Å². The largest absolute Gasteiger partial charge is 0.340 e. The Bertz CT molecular complexity index is 730. The highest BCUT2D eigenvalue weighted by atomic mass is 32.2. The molecule has 2 heterocycles. The van der Waals surface area contributed by atoms with E-state index in [9.17, 15) is 17.6 Å². The van der Waals surface area contributed by atoms with Crippen LogP contribution in [0.2, 0.25) is 0 Å². The van der Waals surface area contributed by atoms with Crippen molar-refractivity contribution in [2.45, 2.75) is 50.0 Å². The molecule has 0 spiro atoms. The number of halogens is 1. The fourth-order valence-corrected chi connectivity index (χ4v) is 5.33. The van der Waals surface area contributed by atoms with Crippen LogP contribution in [0, 0.1) is 11.7 Å². The number of amides is 1. The molecule has 1 amide bonds. The summed E-state index contributed by atoms with van der Waals surface area (Å²) < 4.78 is 40.4. The molecule has 0 radical (unpaired) electrons. The lowest BCUT2D eigenvalue weighted by Crippen LogP contribution is -2.48. The van der Waals surface area contributed by atoms with Gasteiger partial charge in [-0.3, -0.25) is 4.79 Å². The average Bonchev–Trinajstić information content (AvgIpc) is 2.62. The molecule has 1 aromatic rings. The maximum atomic E-state index is 13.9. The number of rotatable bonds is 3. The third-order valence-corrected chi connectivity index (χ3v) is 7.28. The van der Waals surface area contributed by atoms with Crippen LogP contribution in [-0.2, 0) is 14.8 Å². The molecular weight excluding hydrogens is 343 g/mol. The second-order valence-corrected chi connectivity index (χ2v) is 8.89. The predicted octanol–water partition coefficient (Wildman–Crippen LogP) is 2.63. The third kappa shape index (κ3) is 3.72. The lowest BCUT2D eigenvalue weighted by molar-refractivity contribution is -0.140. The van der Waals surface area contributed by atoms with Gasteiger partial charge in [0, 0.05) is 31.6 Å². The minimum atomic E-state index is -3.84. The number of hydrogen-bond donors (Lipinski definition) is 0. The average molecular weight is 368 g/mol. The van der Waals surface area contributed by atoms with Crippen LogP contribution in [0.25, 0.3) is 0 Å². The number of nitrogens with zero attached hydrogens (tertiary/aromatic N) is 2. The molecule has 1 aromatic carbocycles. The van der Waals surface area contributed by atoms with E-state index in [2.05, 4.69) is 6.92 Å². The van der Waals surface area contributed by atoms with Crippen molar-refractivity contribution in [2.75, 3.05) is 19.6 Å². The second-order valence-electron chi connectivity index (χ2n) is 6.99. The van der Waals surface area contributed by atoms with Crippen molar-refractivity contribution in [1.82, 2.24) is 9.21 Å². The Morgan fingerprint density at radius 3 is 2.40 bits per heavy atom. The van der Waals surface area contributed by atoms with Crippen LogP contribution in [-0.4, -0.2) is 49.2 Å². The number of carbonyl (C=O) groups is 1. The van der Waals surface area contributed by atoms with Crippen molar-refractivity contribution in [3.8, 4) is 0 Å². The molecule has 2 saturated heterocycles. The van der Waals surface area contributed by atoms with Crippen LogP contribution in [0.3, 0.4) is 0 Å². The summed E-state index contributed by atoms with van der Waals surface area (Å²) in [6.45, 7) is 3.40. The standard InChI is InChI=1S/C18H25FN2O3S/c1-14-6-4-5-11-21(14)18(22)15-9-12-20(13-10-15)25(23,24)17-8-3-2-7-16(17)19/h2-3,7-8,14-15H,4-6,9-13H2,1H3. The molecule has 0 bridgehead atoms. The molecule has 0 aliphatic carbocycles. The molecule has 7 heteroatoms. The quantitative estimate of drug-likeness (QED) is 0.824. The first-order valence-electron chi connectivity index (χ1n) is 8.96. The van der Waals surface area contributed by atoms with Crippen molar-refractivity contribution in [3.63, 3.8) is 0 Å². The van der Waals surface area contributed by atoms with Gasteiger partial charge in [-0.1, -0.05) is 12.1 Å². The van der Waals surface area contributed by atoms with E-state index in [1.807, 2.05) is 4.90 Å². The Morgan fingerprint density at radius 1 is 1.08 bits per heavy atom. The number of benzene rings is 1. The Hall–Kier alpha value is -1.47. The van der Waals surface area contributed by atoms with E-state index < -0.39 is 15.8 Å². The molecule has 25 heavy (non-hydrogen) atoms. The molecule has 5 nitrogen and oxygen atoms in total. The van der Waals surface area contributed by atoms with Crippen LogP contribution >= 0.6 is 0 Å². The normalized spacial score (nSPS) is 23.6. The third-order valence-electron chi connectivity index (χ3n) is 5.34. The van der Waals surface area contributed by atoms with Gasteiger partial charge in [0.15, 0.2) is 0 Å². The van der Waals surface area contributed by atoms with E-state index in [1.165, 1.54) is 22.5 Å². The summed E-state index contributed by atoms with van der Waals surface area (Å²) in [5.41, 5.74) is 0. The maximum Gasteiger partial charge on any atom is 0.245 e. The van der Waals surface area contributed by atoms with E-state index >= 15 is 0 Å². The molecule has 138 valence electrons. The van der Waals surface area contributed by atoms with Crippen LogP contribution < -0.4 is 0 Å². The number of likely N-dealkylation sites (tertiary alicyclic amines) is 1. The van der Waals surface area contributed by atoms with E-state index in [-0.39, 0.29) is 35.9 Å². The first kappa shape index (κ1) is 18.3. The Kier molecular flexibility index (Phi) is 5.43. The minimum Gasteiger partial charge on any atom is -0.340 e. The second kappa shape index (κ2) is 7.41. The van der Waals surface area contributed by atoms with E-state index in [0.717, 1.165) is 31.9 Å². The number of piperidine rings is 2. The maximum absolute atomic E-state index is 13.9. The van der Waals surface area contributed by atoms with Gasteiger partial charge in [0.25, 0.3) is 0 Å². The van der Waals surface area contributed by atoms with E-state index in [4.69, 9.17) is 0 Å². The van der Waals surface area contributed by atoms with Crippen LogP contribution in [0.1, 0.15) is 39.0 Å². The fraction of sp³-hybridized carbons (Fsp3) is 0.611. The molecule has 2 aliphatic heterocycles. The van der Waals surface area contributed by atoms with Crippen LogP contribution in [0.4, 0.5) is 4.39 Å². The van der Waals surface area contributed by atoms with Crippen molar-refractivity contribution in [3.05, 3.63) is 30.1 Å². The molecule has 2 aliphatic rings. The molecule has 0 N–H and O–H groups in total. The topological polar surface area (TPSA) is 57.7 Å². The van der Waals surface area contributed by atoms with Gasteiger partial charge in [0.1, 0.15) is 10.7 Å². The zero-order chi connectivity index (χ0) is 18.0. The molecule has 2 fully saturated rings. The molecule has 1 unspecified atom stereocenters. The van der Waals surface area contributed by atoms with Crippen molar-refractivity contribution in [2.24, 2.45) is 5.92 Å². The zero-order valence-corrected chi connectivity index (χ0v) is 15.3. The summed E-state index contributed by atoms with van der Waals surface area (Å²) in [5, 5.41) is 0. The molecular formula is C18H25FN2O3S. The highest BCUT2D eigenvalue weighted by molar-refractivity contribution is 7.89. The first-order valence-corrected chi connectivity index (χ1v) is 10.4. The molecule has 0 aromatic heterocycles. The van der Waals surface area contributed by atoms with Gasteiger partial charge in [-0.2, -0.15) is 4.31 Å². The van der Waals surface area contributed by atoms with Gasteiger partial charge in [0.05, 0.1) is 0 Å². The van der Waals surface area contributed by atoms with Gasteiger partial charge in [-0.15, -0.1) is 0 Å². The van der Waals surface area contributed by atoms with Crippen LogP contribution in [0.15, 0.2) is 29.2 Å². The number of hydrogen-bond acceptors (Lipinski definition) is 3. The van der Waals surface area contributed by atoms with Gasteiger partial charge < -0.3 is 4.90 Å². The van der Waals surface area contributed by atoms with Crippen molar-refractivity contribution in [1.29, 1.82) is 0 Å². The summed E-state index contributed by atoms with van der Waals surface area (Å²) in [5.74, 6) is -0.717. The highest BCUT2D eigenvalue weighted by Crippen LogP contribution is 2.28. The fourth-order valence-electron chi connectivity index (χ4n) is 3.80. The lowest BCUT2D eigenvalue weighted by Gasteiger charge is -2.38. The van der Waals surface area contributed by atoms with Gasteiger partial charge in [0.2, 0.25) is 15.9 Å². The van der Waals surface area contributed by atoms with Gasteiger partial charge >= 0.3 is 0 Å². The summed E-state index contributed by atoms with van der Waals surface area (Å²) in [7, 11) is -3.84. The summed E-state index contributed by atoms with van der Waals surface area (Å²) in [4.78, 5) is 14.4. The Morgan fingerprint density at radius 2 is 1.76 bits per heavy atom. The monoisotopic (exact) mass is 368 g/mol. The minimum absolute atomic E-state index is 0.132. The Balaban J connectivity index is 1.65. The molecule has 3 rings (SSSR count). The predicted molar refractivity (Wildman–Crippen MR) is 92.9 cm³/mol. The van der Waals surface area contributed by atoms with E-state index in [1.54, 1.807) is 0 Å². The highest BCUT2D eigenvalue weighted by Gasteiger charge is 2.36. The number of sulfonamides is 1.